The van der Waals surface area contributed by atoms with Gasteiger partial charge in [-0.25, -0.2) is 0 Å². The van der Waals surface area contributed by atoms with E-state index in [1.54, 1.807) is 7.11 Å². The molecule has 1 aromatic rings. The number of para-hydroxylation sites is 1. The SMILES string of the molecule is COc1ccccc1C(C)(C)CNC(=O)CCOC(C)C. The minimum absolute atomic E-state index is 0.0126. The molecular formula is C17H27NO3. The summed E-state index contributed by atoms with van der Waals surface area (Å²) in [6.07, 6.45) is 0.544. The Morgan fingerprint density at radius 2 is 1.95 bits per heavy atom. The van der Waals surface area contributed by atoms with E-state index < -0.39 is 0 Å². The highest BCUT2D eigenvalue weighted by Gasteiger charge is 2.24. The lowest BCUT2D eigenvalue weighted by Gasteiger charge is -2.27. The van der Waals surface area contributed by atoms with E-state index in [4.69, 9.17) is 9.47 Å². The van der Waals surface area contributed by atoms with Crippen LogP contribution in [0.25, 0.3) is 0 Å². The fourth-order valence-corrected chi connectivity index (χ4v) is 2.09. The van der Waals surface area contributed by atoms with Gasteiger partial charge in [0.2, 0.25) is 5.91 Å². The summed E-state index contributed by atoms with van der Waals surface area (Å²) < 4.78 is 10.8. The Hall–Kier alpha value is -1.55. The summed E-state index contributed by atoms with van der Waals surface area (Å²) in [6, 6.07) is 7.90. The fourth-order valence-electron chi connectivity index (χ4n) is 2.09. The molecule has 0 radical (unpaired) electrons. The lowest BCUT2D eigenvalue weighted by Crippen LogP contribution is -2.37. The maximum atomic E-state index is 11.8. The quantitative estimate of drug-likeness (QED) is 0.801. The van der Waals surface area contributed by atoms with Crippen LogP contribution in [0, 0.1) is 0 Å². The number of hydrogen-bond acceptors (Lipinski definition) is 3. The third kappa shape index (κ3) is 5.76. The summed E-state index contributed by atoms with van der Waals surface area (Å²) in [5, 5.41) is 2.97. The molecule has 4 nitrogen and oxygen atoms in total. The molecule has 0 aliphatic heterocycles. The van der Waals surface area contributed by atoms with Crippen LogP contribution in [0.5, 0.6) is 5.75 Å². The monoisotopic (exact) mass is 293 g/mol. The van der Waals surface area contributed by atoms with Gasteiger partial charge in [-0.1, -0.05) is 32.0 Å². The number of carbonyl (C=O) groups is 1. The highest BCUT2D eigenvalue weighted by Crippen LogP contribution is 2.30. The van der Waals surface area contributed by atoms with Crippen molar-refractivity contribution in [3.05, 3.63) is 29.8 Å². The fraction of sp³-hybridized carbons (Fsp3) is 0.588. The first-order valence-corrected chi connectivity index (χ1v) is 7.38. The molecule has 1 aromatic carbocycles. The smallest absolute Gasteiger partial charge is 0.222 e. The van der Waals surface area contributed by atoms with Crippen molar-refractivity contribution >= 4 is 5.91 Å². The Morgan fingerprint density at radius 1 is 1.29 bits per heavy atom. The van der Waals surface area contributed by atoms with E-state index in [0.717, 1.165) is 11.3 Å². The molecular weight excluding hydrogens is 266 g/mol. The van der Waals surface area contributed by atoms with E-state index in [-0.39, 0.29) is 17.4 Å². The van der Waals surface area contributed by atoms with Crippen LogP contribution in [0.4, 0.5) is 0 Å². The molecule has 0 heterocycles. The summed E-state index contributed by atoms with van der Waals surface area (Å²) in [6.45, 7) is 9.13. The van der Waals surface area contributed by atoms with E-state index in [1.165, 1.54) is 0 Å². The van der Waals surface area contributed by atoms with Crippen molar-refractivity contribution in [2.45, 2.75) is 45.6 Å². The number of rotatable bonds is 8. The van der Waals surface area contributed by atoms with Crippen molar-refractivity contribution in [3.63, 3.8) is 0 Å². The summed E-state index contributed by atoms with van der Waals surface area (Å²) in [5.41, 5.74) is 0.896. The maximum Gasteiger partial charge on any atom is 0.222 e. The Labute approximate surface area is 127 Å². The molecule has 1 N–H and O–H groups in total. The van der Waals surface area contributed by atoms with Gasteiger partial charge in [0.15, 0.2) is 0 Å². The average molecular weight is 293 g/mol. The molecule has 0 saturated heterocycles. The molecule has 0 aliphatic carbocycles. The standard InChI is InChI=1S/C17H27NO3/c1-13(2)21-11-10-16(19)18-12-17(3,4)14-8-6-7-9-15(14)20-5/h6-9,13H,10-12H2,1-5H3,(H,18,19). The second-order valence-electron chi connectivity index (χ2n) is 6.03. The van der Waals surface area contributed by atoms with Gasteiger partial charge in [0, 0.05) is 23.9 Å². The Morgan fingerprint density at radius 3 is 2.57 bits per heavy atom. The van der Waals surface area contributed by atoms with Gasteiger partial charge in [-0.3, -0.25) is 4.79 Å². The number of methoxy groups -OCH3 is 1. The predicted octanol–water partition coefficient (Wildman–Crippen LogP) is 2.90. The zero-order valence-corrected chi connectivity index (χ0v) is 13.7. The van der Waals surface area contributed by atoms with Crippen LogP contribution in [0.1, 0.15) is 39.7 Å². The highest BCUT2D eigenvalue weighted by atomic mass is 16.5. The van der Waals surface area contributed by atoms with Gasteiger partial charge in [-0.05, 0) is 19.9 Å². The van der Waals surface area contributed by atoms with E-state index in [2.05, 4.69) is 19.2 Å². The number of hydrogen-bond donors (Lipinski definition) is 1. The molecule has 0 fully saturated rings. The van der Waals surface area contributed by atoms with Crippen LogP contribution >= 0.6 is 0 Å². The van der Waals surface area contributed by atoms with Gasteiger partial charge in [0.1, 0.15) is 5.75 Å². The average Bonchev–Trinajstić information content (AvgIpc) is 2.45. The molecule has 21 heavy (non-hydrogen) atoms. The van der Waals surface area contributed by atoms with Gasteiger partial charge >= 0.3 is 0 Å². The normalized spacial score (nSPS) is 11.5. The molecule has 0 aromatic heterocycles. The van der Waals surface area contributed by atoms with Crippen molar-refractivity contribution in [2.75, 3.05) is 20.3 Å². The number of amides is 1. The second kappa shape index (κ2) is 8.03. The van der Waals surface area contributed by atoms with Crippen molar-refractivity contribution in [2.24, 2.45) is 0 Å². The Kier molecular flexibility index (Phi) is 6.69. The van der Waals surface area contributed by atoms with Crippen LogP contribution in [0.15, 0.2) is 24.3 Å². The predicted molar refractivity (Wildman–Crippen MR) is 84.7 cm³/mol. The third-order valence-electron chi connectivity index (χ3n) is 3.34. The zero-order valence-electron chi connectivity index (χ0n) is 13.7. The third-order valence-corrected chi connectivity index (χ3v) is 3.34. The molecule has 1 amide bonds. The first-order valence-electron chi connectivity index (χ1n) is 7.38. The van der Waals surface area contributed by atoms with Gasteiger partial charge < -0.3 is 14.8 Å². The van der Waals surface area contributed by atoms with Crippen molar-refractivity contribution in [3.8, 4) is 5.75 Å². The summed E-state index contributed by atoms with van der Waals surface area (Å²) >= 11 is 0. The van der Waals surface area contributed by atoms with Gasteiger partial charge in [0.25, 0.3) is 0 Å². The Balaban J connectivity index is 2.54. The van der Waals surface area contributed by atoms with Crippen molar-refractivity contribution < 1.29 is 14.3 Å². The number of benzene rings is 1. The molecule has 1 rings (SSSR count). The van der Waals surface area contributed by atoms with Crippen molar-refractivity contribution in [1.29, 1.82) is 0 Å². The van der Waals surface area contributed by atoms with Crippen molar-refractivity contribution in [1.82, 2.24) is 5.32 Å². The van der Waals surface area contributed by atoms with E-state index in [1.807, 2.05) is 38.1 Å². The maximum absolute atomic E-state index is 11.8. The first kappa shape index (κ1) is 17.5. The minimum Gasteiger partial charge on any atom is -0.496 e. The largest absolute Gasteiger partial charge is 0.496 e. The molecule has 0 bridgehead atoms. The first-order chi connectivity index (χ1) is 9.86. The molecule has 0 spiro atoms. The highest BCUT2D eigenvalue weighted by molar-refractivity contribution is 5.76. The van der Waals surface area contributed by atoms with E-state index >= 15 is 0 Å². The summed E-state index contributed by atoms with van der Waals surface area (Å²) in [4.78, 5) is 11.8. The van der Waals surface area contributed by atoms with Crippen LogP contribution in [-0.4, -0.2) is 32.3 Å². The Bertz CT molecular complexity index is 455. The zero-order chi connectivity index (χ0) is 15.9. The van der Waals surface area contributed by atoms with Crippen LogP contribution < -0.4 is 10.1 Å². The number of carbonyl (C=O) groups excluding carboxylic acids is 1. The lowest BCUT2D eigenvalue weighted by atomic mass is 9.84. The summed E-state index contributed by atoms with van der Waals surface area (Å²) in [7, 11) is 1.66. The summed E-state index contributed by atoms with van der Waals surface area (Å²) in [5.74, 6) is 0.860. The molecule has 0 atom stereocenters. The molecule has 4 heteroatoms. The second-order valence-corrected chi connectivity index (χ2v) is 6.03. The molecule has 0 saturated carbocycles. The minimum atomic E-state index is -0.193. The van der Waals surface area contributed by atoms with Crippen LogP contribution in [0.2, 0.25) is 0 Å². The molecule has 0 unspecified atom stereocenters. The van der Waals surface area contributed by atoms with E-state index in [0.29, 0.717) is 19.6 Å². The van der Waals surface area contributed by atoms with Gasteiger partial charge in [-0.15, -0.1) is 0 Å². The lowest BCUT2D eigenvalue weighted by molar-refractivity contribution is -0.122. The van der Waals surface area contributed by atoms with E-state index in [9.17, 15) is 4.79 Å². The number of ether oxygens (including phenoxy) is 2. The van der Waals surface area contributed by atoms with Crippen LogP contribution in [0.3, 0.4) is 0 Å². The molecule has 118 valence electrons. The molecule has 0 aliphatic rings. The van der Waals surface area contributed by atoms with Gasteiger partial charge in [0.05, 0.1) is 19.8 Å². The number of nitrogens with one attached hydrogen (secondary N) is 1. The van der Waals surface area contributed by atoms with Gasteiger partial charge in [-0.2, -0.15) is 0 Å². The van der Waals surface area contributed by atoms with Crippen LogP contribution in [-0.2, 0) is 14.9 Å². The topological polar surface area (TPSA) is 47.6 Å².